The number of amides is 2. The fourth-order valence-corrected chi connectivity index (χ4v) is 2.12. The Balaban J connectivity index is 2.05. The molecule has 1 aliphatic rings. The Kier molecular flexibility index (Phi) is 4.07. The van der Waals surface area contributed by atoms with Crippen LogP contribution in [0.4, 0.5) is 5.69 Å². The van der Waals surface area contributed by atoms with Gasteiger partial charge in [0.2, 0.25) is 11.8 Å². The number of rotatable bonds is 3. The quantitative estimate of drug-likeness (QED) is 0.865. The van der Waals surface area contributed by atoms with E-state index in [0.29, 0.717) is 18.0 Å². The van der Waals surface area contributed by atoms with E-state index in [1.165, 1.54) is 0 Å². The Labute approximate surface area is 116 Å². The molecule has 5 nitrogen and oxygen atoms in total. The number of hydrogen-bond acceptors (Lipinski definition) is 3. The van der Waals surface area contributed by atoms with Crippen molar-refractivity contribution in [1.82, 2.24) is 5.32 Å². The monoisotopic (exact) mass is 281 g/mol. The van der Waals surface area contributed by atoms with Gasteiger partial charge in [-0.05, 0) is 37.6 Å². The van der Waals surface area contributed by atoms with E-state index >= 15 is 0 Å². The molecule has 0 saturated carbocycles. The van der Waals surface area contributed by atoms with Crippen molar-refractivity contribution in [3.63, 3.8) is 0 Å². The normalized spacial score (nSPS) is 20.5. The molecule has 1 aromatic carbocycles. The molecule has 0 bridgehead atoms. The van der Waals surface area contributed by atoms with E-state index in [1.54, 1.807) is 36.1 Å². The van der Waals surface area contributed by atoms with Crippen LogP contribution in [0.5, 0.6) is 0 Å². The van der Waals surface area contributed by atoms with E-state index in [4.69, 9.17) is 17.3 Å². The van der Waals surface area contributed by atoms with E-state index in [0.717, 1.165) is 5.69 Å². The highest BCUT2D eigenvalue weighted by atomic mass is 35.5. The molecule has 0 spiro atoms. The largest absolute Gasteiger partial charge is 0.343 e. The molecule has 19 heavy (non-hydrogen) atoms. The summed E-state index contributed by atoms with van der Waals surface area (Å²) in [7, 11) is 0. The molecule has 2 atom stereocenters. The average Bonchev–Trinajstić information content (AvgIpc) is 2.72. The fraction of sp³-hybridized carbons (Fsp3) is 0.385. The molecule has 1 saturated heterocycles. The standard InChI is InChI=1S/C13H16ClN3O2/c1-8(15)12(18)16-11-6-7-17(13(11)19)10-4-2-9(14)3-5-10/h2-5,8,11H,6-7,15H2,1H3,(H,16,18)/t8-,11?/m0/s1. The van der Waals surface area contributed by atoms with Gasteiger partial charge in [-0.3, -0.25) is 9.59 Å². The van der Waals surface area contributed by atoms with Gasteiger partial charge in [0.25, 0.3) is 0 Å². The highest BCUT2D eigenvalue weighted by Crippen LogP contribution is 2.23. The summed E-state index contributed by atoms with van der Waals surface area (Å²) >= 11 is 5.81. The lowest BCUT2D eigenvalue weighted by molar-refractivity contribution is -0.127. The van der Waals surface area contributed by atoms with Crippen LogP contribution in [0.15, 0.2) is 24.3 Å². The van der Waals surface area contributed by atoms with Crippen LogP contribution in [-0.2, 0) is 9.59 Å². The van der Waals surface area contributed by atoms with E-state index in [9.17, 15) is 9.59 Å². The molecule has 0 radical (unpaired) electrons. The number of halogens is 1. The van der Waals surface area contributed by atoms with Crippen molar-refractivity contribution >= 4 is 29.1 Å². The molecule has 1 aliphatic heterocycles. The Hall–Kier alpha value is -1.59. The summed E-state index contributed by atoms with van der Waals surface area (Å²) in [6.45, 7) is 2.16. The lowest BCUT2D eigenvalue weighted by atomic mass is 10.2. The van der Waals surface area contributed by atoms with Gasteiger partial charge in [0.05, 0.1) is 6.04 Å². The predicted octanol–water partition coefficient (Wildman–Crippen LogP) is 0.909. The SMILES string of the molecule is C[C@H](N)C(=O)NC1CCN(c2ccc(Cl)cc2)C1=O. The zero-order valence-electron chi connectivity index (χ0n) is 10.6. The molecule has 1 unspecified atom stereocenters. The Morgan fingerprint density at radius 3 is 2.68 bits per heavy atom. The van der Waals surface area contributed by atoms with Crippen LogP contribution in [0.25, 0.3) is 0 Å². The summed E-state index contributed by atoms with van der Waals surface area (Å²) in [5, 5.41) is 3.28. The third-order valence-electron chi connectivity index (χ3n) is 3.07. The topological polar surface area (TPSA) is 75.4 Å². The van der Waals surface area contributed by atoms with Crippen LogP contribution in [0.1, 0.15) is 13.3 Å². The maximum absolute atomic E-state index is 12.2. The van der Waals surface area contributed by atoms with Crippen LogP contribution < -0.4 is 16.0 Å². The lowest BCUT2D eigenvalue weighted by Gasteiger charge is -2.17. The Morgan fingerprint density at radius 2 is 2.11 bits per heavy atom. The minimum absolute atomic E-state index is 0.115. The van der Waals surface area contributed by atoms with E-state index < -0.39 is 12.1 Å². The number of nitrogens with zero attached hydrogens (tertiary/aromatic N) is 1. The number of carbonyl (C=O) groups excluding carboxylic acids is 2. The highest BCUT2D eigenvalue weighted by Gasteiger charge is 2.33. The highest BCUT2D eigenvalue weighted by molar-refractivity contribution is 6.30. The zero-order chi connectivity index (χ0) is 14.0. The third-order valence-corrected chi connectivity index (χ3v) is 3.33. The first-order valence-corrected chi connectivity index (χ1v) is 6.49. The van der Waals surface area contributed by atoms with E-state index in [-0.39, 0.29) is 11.8 Å². The van der Waals surface area contributed by atoms with Gasteiger partial charge in [-0.1, -0.05) is 11.6 Å². The van der Waals surface area contributed by atoms with Gasteiger partial charge in [-0.2, -0.15) is 0 Å². The van der Waals surface area contributed by atoms with Crippen molar-refractivity contribution in [1.29, 1.82) is 0 Å². The molecule has 1 fully saturated rings. The van der Waals surface area contributed by atoms with Crippen molar-refractivity contribution in [3.8, 4) is 0 Å². The van der Waals surface area contributed by atoms with Crippen LogP contribution >= 0.6 is 11.6 Å². The minimum Gasteiger partial charge on any atom is -0.343 e. The maximum Gasteiger partial charge on any atom is 0.249 e. The summed E-state index contributed by atoms with van der Waals surface area (Å²) < 4.78 is 0. The van der Waals surface area contributed by atoms with Crippen LogP contribution in [0.3, 0.4) is 0 Å². The summed E-state index contributed by atoms with van der Waals surface area (Å²) in [6, 6.07) is 5.94. The molecule has 6 heteroatoms. The van der Waals surface area contributed by atoms with Gasteiger partial charge in [0.15, 0.2) is 0 Å². The van der Waals surface area contributed by atoms with Crippen molar-refractivity contribution in [2.45, 2.75) is 25.4 Å². The first-order valence-electron chi connectivity index (χ1n) is 6.12. The number of nitrogens with one attached hydrogen (secondary N) is 1. The molecule has 0 aromatic heterocycles. The Morgan fingerprint density at radius 1 is 1.47 bits per heavy atom. The van der Waals surface area contributed by atoms with E-state index in [1.807, 2.05) is 0 Å². The van der Waals surface area contributed by atoms with Crippen LogP contribution in [0.2, 0.25) is 5.02 Å². The zero-order valence-corrected chi connectivity index (χ0v) is 11.4. The van der Waals surface area contributed by atoms with Crippen molar-refractivity contribution < 1.29 is 9.59 Å². The first kappa shape index (κ1) is 13.8. The molecule has 1 heterocycles. The summed E-state index contributed by atoms with van der Waals surface area (Å²) in [5.41, 5.74) is 6.25. The molecule has 0 aliphatic carbocycles. The number of carbonyl (C=O) groups is 2. The van der Waals surface area contributed by atoms with Gasteiger partial charge >= 0.3 is 0 Å². The second-order valence-electron chi connectivity index (χ2n) is 4.60. The average molecular weight is 282 g/mol. The lowest BCUT2D eigenvalue weighted by Crippen LogP contribution is -2.47. The number of hydrogen-bond donors (Lipinski definition) is 2. The first-order chi connectivity index (χ1) is 8.99. The van der Waals surface area contributed by atoms with Crippen LogP contribution in [0, 0.1) is 0 Å². The number of anilines is 1. The van der Waals surface area contributed by atoms with Crippen molar-refractivity contribution in [2.24, 2.45) is 5.73 Å². The van der Waals surface area contributed by atoms with Crippen molar-refractivity contribution in [3.05, 3.63) is 29.3 Å². The molecular weight excluding hydrogens is 266 g/mol. The smallest absolute Gasteiger partial charge is 0.249 e. The fourth-order valence-electron chi connectivity index (χ4n) is 1.99. The van der Waals surface area contributed by atoms with Crippen LogP contribution in [-0.4, -0.2) is 30.4 Å². The summed E-state index contributed by atoms with van der Waals surface area (Å²) in [5.74, 6) is -0.423. The molecule has 2 rings (SSSR count). The van der Waals surface area contributed by atoms with Gasteiger partial charge in [-0.15, -0.1) is 0 Å². The molecular formula is C13H16ClN3O2. The molecule has 3 N–H and O–H groups in total. The number of benzene rings is 1. The molecule has 102 valence electrons. The number of nitrogens with two attached hydrogens (primary N) is 1. The predicted molar refractivity (Wildman–Crippen MR) is 74.0 cm³/mol. The van der Waals surface area contributed by atoms with Crippen molar-refractivity contribution in [2.75, 3.05) is 11.4 Å². The molecule has 2 amide bonds. The van der Waals surface area contributed by atoms with Gasteiger partial charge in [0, 0.05) is 17.3 Å². The third kappa shape index (κ3) is 3.05. The second-order valence-corrected chi connectivity index (χ2v) is 5.04. The van der Waals surface area contributed by atoms with Gasteiger partial charge < -0.3 is 16.0 Å². The molecule has 1 aromatic rings. The van der Waals surface area contributed by atoms with E-state index in [2.05, 4.69) is 5.32 Å². The summed E-state index contributed by atoms with van der Waals surface area (Å²) in [4.78, 5) is 25.3. The van der Waals surface area contributed by atoms with Gasteiger partial charge in [0.1, 0.15) is 6.04 Å². The maximum atomic E-state index is 12.2. The second kappa shape index (κ2) is 5.59. The summed E-state index contributed by atoms with van der Waals surface area (Å²) in [6.07, 6.45) is 0.583. The Bertz CT molecular complexity index is 487. The minimum atomic E-state index is -0.614. The van der Waals surface area contributed by atoms with Gasteiger partial charge in [-0.25, -0.2) is 0 Å².